The fourth-order valence-corrected chi connectivity index (χ4v) is 1.61. The lowest BCUT2D eigenvalue weighted by Gasteiger charge is -2.07. The second-order valence-corrected chi connectivity index (χ2v) is 4.55. The Morgan fingerprint density at radius 3 is 2.61 bits per heavy atom. The molecule has 0 bridgehead atoms. The van der Waals surface area contributed by atoms with Crippen LogP contribution in [0.5, 0.6) is 0 Å². The van der Waals surface area contributed by atoms with Gasteiger partial charge in [-0.05, 0) is 30.5 Å². The minimum absolute atomic E-state index is 0.180. The standard InChI is InChI=1S/C14H16N2O2/c1-9(2)13-5-4-11(6-15-13)16-14(17)12-8-18-7-10(12)3/h4-9H,1-3H3,(H,16,17). The van der Waals surface area contributed by atoms with Gasteiger partial charge in [0, 0.05) is 5.69 Å². The monoisotopic (exact) mass is 244 g/mol. The van der Waals surface area contributed by atoms with E-state index in [1.54, 1.807) is 12.5 Å². The number of nitrogens with one attached hydrogen (secondary N) is 1. The quantitative estimate of drug-likeness (QED) is 0.900. The molecule has 18 heavy (non-hydrogen) atoms. The van der Waals surface area contributed by atoms with E-state index >= 15 is 0 Å². The van der Waals surface area contributed by atoms with E-state index in [-0.39, 0.29) is 5.91 Å². The van der Waals surface area contributed by atoms with E-state index in [9.17, 15) is 4.79 Å². The molecule has 0 fully saturated rings. The molecule has 2 aromatic heterocycles. The van der Waals surface area contributed by atoms with Crippen LogP contribution in [-0.2, 0) is 0 Å². The first-order valence-corrected chi connectivity index (χ1v) is 5.88. The lowest BCUT2D eigenvalue weighted by Crippen LogP contribution is -2.12. The molecule has 0 saturated heterocycles. The zero-order chi connectivity index (χ0) is 13.1. The van der Waals surface area contributed by atoms with Gasteiger partial charge in [-0.3, -0.25) is 9.78 Å². The number of aryl methyl sites for hydroxylation is 1. The Balaban J connectivity index is 2.10. The molecule has 2 heterocycles. The Kier molecular flexibility index (Phi) is 3.46. The van der Waals surface area contributed by atoms with Crippen LogP contribution < -0.4 is 5.32 Å². The van der Waals surface area contributed by atoms with Crippen LogP contribution >= 0.6 is 0 Å². The highest BCUT2D eigenvalue weighted by Crippen LogP contribution is 2.15. The van der Waals surface area contributed by atoms with Crippen molar-refractivity contribution in [3.05, 3.63) is 47.7 Å². The van der Waals surface area contributed by atoms with Crippen molar-refractivity contribution >= 4 is 11.6 Å². The lowest BCUT2D eigenvalue weighted by molar-refractivity contribution is 0.102. The van der Waals surface area contributed by atoms with E-state index in [4.69, 9.17) is 4.42 Å². The Hall–Kier alpha value is -2.10. The van der Waals surface area contributed by atoms with E-state index in [1.165, 1.54) is 6.26 Å². The average Bonchev–Trinajstić information content (AvgIpc) is 2.76. The second kappa shape index (κ2) is 5.04. The third-order valence-electron chi connectivity index (χ3n) is 2.74. The van der Waals surface area contributed by atoms with Crippen molar-refractivity contribution in [1.82, 2.24) is 4.98 Å². The average molecular weight is 244 g/mol. The van der Waals surface area contributed by atoms with E-state index in [1.807, 2.05) is 19.1 Å². The third-order valence-corrected chi connectivity index (χ3v) is 2.74. The van der Waals surface area contributed by atoms with Gasteiger partial charge < -0.3 is 9.73 Å². The number of furan rings is 1. The molecule has 1 amide bonds. The maximum Gasteiger partial charge on any atom is 0.259 e. The number of aromatic nitrogens is 1. The molecule has 2 rings (SSSR count). The molecule has 0 saturated carbocycles. The van der Waals surface area contributed by atoms with Crippen molar-refractivity contribution in [2.24, 2.45) is 0 Å². The van der Waals surface area contributed by atoms with E-state index in [0.717, 1.165) is 11.3 Å². The molecule has 0 aliphatic carbocycles. The summed E-state index contributed by atoms with van der Waals surface area (Å²) in [6.07, 6.45) is 4.66. The first-order valence-electron chi connectivity index (χ1n) is 5.88. The molecular weight excluding hydrogens is 228 g/mol. The molecule has 2 aromatic rings. The van der Waals surface area contributed by atoms with Crippen LogP contribution in [0.15, 0.2) is 35.3 Å². The fraction of sp³-hybridized carbons (Fsp3) is 0.286. The van der Waals surface area contributed by atoms with Crippen LogP contribution in [0.2, 0.25) is 0 Å². The number of rotatable bonds is 3. The summed E-state index contributed by atoms with van der Waals surface area (Å²) < 4.78 is 4.98. The highest BCUT2D eigenvalue weighted by Gasteiger charge is 2.11. The summed E-state index contributed by atoms with van der Waals surface area (Å²) >= 11 is 0. The molecule has 4 heteroatoms. The predicted molar refractivity (Wildman–Crippen MR) is 69.7 cm³/mol. The van der Waals surface area contributed by atoms with Gasteiger partial charge in [0.05, 0.1) is 23.7 Å². The van der Waals surface area contributed by atoms with Crippen molar-refractivity contribution in [2.75, 3.05) is 5.32 Å². The number of pyridine rings is 1. The van der Waals surface area contributed by atoms with E-state index in [2.05, 4.69) is 24.1 Å². The van der Waals surface area contributed by atoms with Gasteiger partial charge in [-0.2, -0.15) is 0 Å². The van der Waals surface area contributed by atoms with Gasteiger partial charge in [-0.1, -0.05) is 13.8 Å². The number of amides is 1. The SMILES string of the molecule is Cc1cocc1C(=O)Nc1ccc(C(C)C)nc1. The van der Waals surface area contributed by atoms with E-state index < -0.39 is 0 Å². The molecule has 0 aliphatic heterocycles. The minimum atomic E-state index is -0.180. The number of anilines is 1. The number of hydrogen-bond acceptors (Lipinski definition) is 3. The summed E-state index contributed by atoms with van der Waals surface area (Å²) in [5.74, 6) is 0.200. The van der Waals surface area contributed by atoms with Gasteiger partial charge in [0.25, 0.3) is 5.91 Å². The van der Waals surface area contributed by atoms with Gasteiger partial charge in [-0.25, -0.2) is 0 Å². The first-order chi connectivity index (χ1) is 8.58. The van der Waals surface area contributed by atoms with Crippen LogP contribution in [-0.4, -0.2) is 10.9 Å². The summed E-state index contributed by atoms with van der Waals surface area (Å²) in [4.78, 5) is 16.2. The third kappa shape index (κ3) is 2.59. The number of hydrogen-bond donors (Lipinski definition) is 1. The summed E-state index contributed by atoms with van der Waals surface area (Å²) in [6, 6.07) is 3.78. The van der Waals surface area contributed by atoms with Gasteiger partial charge >= 0.3 is 0 Å². The summed E-state index contributed by atoms with van der Waals surface area (Å²) in [5, 5.41) is 2.79. The topological polar surface area (TPSA) is 55.1 Å². The minimum Gasteiger partial charge on any atom is -0.471 e. The number of nitrogens with zero attached hydrogens (tertiary/aromatic N) is 1. The zero-order valence-corrected chi connectivity index (χ0v) is 10.7. The molecular formula is C14H16N2O2. The van der Waals surface area contributed by atoms with Crippen LogP contribution in [0.4, 0.5) is 5.69 Å². The normalized spacial score (nSPS) is 10.7. The number of carbonyl (C=O) groups excluding carboxylic acids is 1. The predicted octanol–water partition coefficient (Wildman–Crippen LogP) is 3.36. The largest absolute Gasteiger partial charge is 0.471 e. The second-order valence-electron chi connectivity index (χ2n) is 4.55. The molecule has 0 aliphatic rings. The first kappa shape index (κ1) is 12.4. The van der Waals surface area contributed by atoms with Crippen LogP contribution in [0.3, 0.4) is 0 Å². The highest BCUT2D eigenvalue weighted by molar-refractivity contribution is 6.04. The van der Waals surface area contributed by atoms with Gasteiger partial charge in [0.1, 0.15) is 6.26 Å². The van der Waals surface area contributed by atoms with Crippen molar-refractivity contribution in [3.63, 3.8) is 0 Å². The van der Waals surface area contributed by atoms with Crippen molar-refractivity contribution in [1.29, 1.82) is 0 Å². The zero-order valence-electron chi connectivity index (χ0n) is 10.7. The molecule has 0 radical (unpaired) electrons. The summed E-state index contributed by atoms with van der Waals surface area (Å²) in [6.45, 7) is 5.99. The van der Waals surface area contributed by atoms with Crippen LogP contribution in [0.25, 0.3) is 0 Å². The number of carbonyl (C=O) groups is 1. The summed E-state index contributed by atoms with van der Waals surface area (Å²) in [7, 11) is 0. The lowest BCUT2D eigenvalue weighted by atomic mass is 10.1. The Bertz CT molecular complexity index is 541. The van der Waals surface area contributed by atoms with Crippen LogP contribution in [0, 0.1) is 6.92 Å². The molecule has 1 N–H and O–H groups in total. The van der Waals surface area contributed by atoms with Gasteiger partial charge in [0.15, 0.2) is 0 Å². The van der Waals surface area contributed by atoms with Crippen molar-refractivity contribution in [3.8, 4) is 0 Å². The molecule has 94 valence electrons. The molecule has 0 aromatic carbocycles. The Morgan fingerprint density at radius 2 is 2.11 bits per heavy atom. The molecule has 0 unspecified atom stereocenters. The van der Waals surface area contributed by atoms with Crippen molar-refractivity contribution < 1.29 is 9.21 Å². The Labute approximate surface area is 106 Å². The van der Waals surface area contributed by atoms with Gasteiger partial charge in [-0.15, -0.1) is 0 Å². The molecule has 0 spiro atoms. The smallest absolute Gasteiger partial charge is 0.259 e. The highest BCUT2D eigenvalue weighted by atomic mass is 16.3. The maximum absolute atomic E-state index is 11.9. The maximum atomic E-state index is 11.9. The van der Waals surface area contributed by atoms with E-state index in [0.29, 0.717) is 17.2 Å². The molecule has 0 atom stereocenters. The fourth-order valence-electron chi connectivity index (χ4n) is 1.61. The van der Waals surface area contributed by atoms with Crippen LogP contribution in [0.1, 0.15) is 41.4 Å². The Morgan fingerprint density at radius 1 is 1.33 bits per heavy atom. The van der Waals surface area contributed by atoms with Crippen molar-refractivity contribution in [2.45, 2.75) is 26.7 Å². The van der Waals surface area contributed by atoms with Gasteiger partial charge in [0.2, 0.25) is 0 Å². The molecule has 4 nitrogen and oxygen atoms in total. The summed E-state index contributed by atoms with van der Waals surface area (Å²) in [5.41, 5.74) is 3.06.